The number of carbonyl (C=O) groups is 1. The monoisotopic (exact) mass is 455 g/mol. The summed E-state index contributed by atoms with van der Waals surface area (Å²) in [4.78, 5) is 13.7. The number of nitrogens with one attached hydrogen (secondary N) is 1. The molecule has 0 saturated heterocycles. The molecule has 1 aromatic carbocycles. The average Bonchev–Trinajstić information content (AvgIpc) is 3.68. The molecule has 2 N–H and O–H groups in total. The number of rotatable bonds is 7. The molecular weight excluding hydrogens is 426 g/mol. The molecule has 0 spiro atoms. The molecule has 5 rings (SSSR count). The molecule has 3 saturated carbocycles. The van der Waals surface area contributed by atoms with Crippen LogP contribution in [0.5, 0.6) is 0 Å². The van der Waals surface area contributed by atoms with Crippen LogP contribution in [0, 0.1) is 5.92 Å². The molecule has 32 heavy (non-hydrogen) atoms. The predicted molar refractivity (Wildman–Crippen MR) is 122 cm³/mol. The molecular formula is C24H29N3O4S. The maximum absolute atomic E-state index is 13.3. The van der Waals surface area contributed by atoms with Crippen molar-refractivity contribution in [2.24, 2.45) is 13.0 Å². The van der Waals surface area contributed by atoms with Crippen LogP contribution in [0.15, 0.2) is 41.4 Å². The van der Waals surface area contributed by atoms with E-state index in [2.05, 4.69) is 10.4 Å². The van der Waals surface area contributed by atoms with Crippen molar-refractivity contribution in [3.63, 3.8) is 0 Å². The normalized spacial score (nSPS) is 24.0. The number of hydrogen-bond acceptors (Lipinski definition) is 5. The Kier molecular flexibility index (Phi) is 5.45. The highest BCUT2D eigenvalue weighted by atomic mass is 32.2. The summed E-state index contributed by atoms with van der Waals surface area (Å²) in [6.45, 7) is 0. The van der Waals surface area contributed by atoms with Crippen LogP contribution in [0.2, 0.25) is 0 Å². The molecule has 0 aliphatic heterocycles. The largest absolute Gasteiger partial charge is 0.393 e. The Hall–Kier alpha value is -2.45. The predicted octanol–water partition coefficient (Wildman–Crippen LogP) is 3.42. The topological polar surface area (TPSA) is 101 Å². The fraction of sp³-hybridized carbons (Fsp3) is 0.500. The number of aryl methyl sites for hydroxylation is 1. The number of aliphatic hydroxyl groups excluding tert-OH is 1. The summed E-state index contributed by atoms with van der Waals surface area (Å²) < 4.78 is 27.6. The summed E-state index contributed by atoms with van der Waals surface area (Å²) in [5, 5.41) is 16.8. The third-order valence-corrected chi connectivity index (χ3v) is 8.99. The van der Waals surface area contributed by atoms with E-state index in [4.69, 9.17) is 0 Å². The summed E-state index contributed by atoms with van der Waals surface area (Å²) in [6, 6.07) is 7.09. The number of carbonyl (C=O) groups excluding carboxylic acids is 1. The van der Waals surface area contributed by atoms with Gasteiger partial charge in [-0.05, 0) is 80.0 Å². The van der Waals surface area contributed by atoms with Gasteiger partial charge in [0.1, 0.15) is 0 Å². The van der Waals surface area contributed by atoms with Crippen LogP contribution in [0.1, 0.15) is 62.0 Å². The maximum atomic E-state index is 13.3. The van der Waals surface area contributed by atoms with E-state index < -0.39 is 9.84 Å². The Labute approximate surface area is 188 Å². The first-order valence-corrected chi connectivity index (χ1v) is 12.9. The van der Waals surface area contributed by atoms with Crippen LogP contribution in [0.25, 0.3) is 5.57 Å². The van der Waals surface area contributed by atoms with Gasteiger partial charge in [-0.1, -0.05) is 12.1 Å². The fourth-order valence-electron chi connectivity index (χ4n) is 4.59. The zero-order valence-corrected chi connectivity index (χ0v) is 19.0. The van der Waals surface area contributed by atoms with Gasteiger partial charge in [-0.15, -0.1) is 0 Å². The van der Waals surface area contributed by atoms with Crippen molar-refractivity contribution < 1.29 is 18.3 Å². The van der Waals surface area contributed by atoms with Crippen LogP contribution < -0.4 is 5.32 Å². The number of aliphatic hydroxyl groups is 1. The van der Waals surface area contributed by atoms with Gasteiger partial charge in [-0.2, -0.15) is 5.10 Å². The van der Waals surface area contributed by atoms with Crippen molar-refractivity contribution in [3.05, 3.63) is 47.7 Å². The van der Waals surface area contributed by atoms with Gasteiger partial charge in [-0.3, -0.25) is 9.48 Å². The first kappa shape index (κ1) is 21.4. The number of aromatic nitrogens is 2. The van der Waals surface area contributed by atoms with E-state index in [1.54, 1.807) is 36.1 Å². The van der Waals surface area contributed by atoms with Gasteiger partial charge in [0.25, 0.3) is 5.91 Å². The molecule has 1 aromatic heterocycles. The van der Waals surface area contributed by atoms with Crippen molar-refractivity contribution in [2.75, 3.05) is 5.32 Å². The Morgan fingerprint density at radius 3 is 2.53 bits per heavy atom. The van der Waals surface area contributed by atoms with Crippen LogP contribution in [0.4, 0.5) is 5.82 Å². The molecule has 3 aliphatic rings. The van der Waals surface area contributed by atoms with Crippen molar-refractivity contribution >= 4 is 27.1 Å². The Morgan fingerprint density at radius 1 is 1.16 bits per heavy atom. The zero-order chi connectivity index (χ0) is 22.5. The molecule has 0 radical (unpaired) electrons. The van der Waals surface area contributed by atoms with E-state index in [0.717, 1.165) is 49.7 Å². The number of anilines is 1. The summed E-state index contributed by atoms with van der Waals surface area (Å²) in [6.07, 6.45) is 8.95. The van der Waals surface area contributed by atoms with Gasteiger partial charge in [0.15, 0.2) is 15.7 Å². The van der Waals surface area contributed by atoms with E-state index in [-0.39, 0.29) is 29.1 Å². The lowest BCUT2D eigenvalue weighted by Crippen LogP contribution is -2.16. The lowest BCUT2D eigenvalue weighted by Gasteiger charge is -2.15. The quantitative estimate of drug-likeness (QED) is 0.623. The van der Waals surface area contributed by atoms with Gasteiger partial charge in [0, 0.05) is 24.9 Å². The number of benzene rings is 1. The van der Waals surface area contributed by atoms with E-state index in [1.165, 1.54) is 0 Å². The average molecular weight is 456 g/mol. The van der Waals surface area contributed by atoms with Gasteiger partial charge in [0.05, 0.1) is 16.2 Å². The molecule has 2 atom stereocenters. The minimum absolute atomic E-state index is 0.105. The van der Waals surface area contributed by atoms with Crippen molar-refractivity contribution in [3.8, 4) is 0 Å². The number of nitrogens with zero attached hydrogens (tertiary/aromatic N) is 2. The van der Waals surface area contributed by atoms with E-state index >= 15 is 0 Å². The number of amides is 1. The second kappa shape index (κ2) is 8.15. The van der Waals surface area contributed by atoms with Gasteiger partial charge in [-0.25, -0.2) is 8.42 Å². The molecule has 170 valence electrons. The molecule has 3 aliphatic carbocycles. The minimum atomic E-state index is -3.31. The van der Waals surface area contributed by atoms with E-state index in [9.17, 15) is 18.3 Å². The second-order valence-electron chi connectivity index (χ2n) is 9.41. The summed E-state index contributed by atoms with van der Waals surface area (Å²) in [5.41, 5.74) is 2.07. The molecule has 3 fully saturated rings. The maximum Gasteiger partial charge on any atom is 0.257 e. The second-order valence-corrected chi connectivity index (χ2v) is 11.6. The Balaban J connectivity index is 1.52. The molecule has 2 aromatic rings. The van der Waals surface area contributed by atoms with Crippen molar-refractivity contribution in [1.29, 1.82) is 0 Å². The molecule has 7 nitrogen and oxygen atoms in total. The first-order valence-electron chi connectivity index (χ1n) is 11.4. The van der Waals surface area contributed by atoms with Crippen molar-refractivity contribution in [1.82, 2.24) is 9.78 Å². The number of hydrogen-bond donors (Lipinski definition) is 2. The molecule has 1 heterocycles. The number of sulfone groups is 1. The van der Waals surface area contributed by atoms with Gasteiger partial charge >= 0.3 is 0 Å². The van der Waals surface area contributed by atoms with Crippen LogP contribution in [0.3, 0.4) is 0 Å². The van der Waals surface area contributed by atoms with Crippen LogP contribution >= 0.6 is 0 Å². The Bertz CT molecular complexity index is 1180. The summed E-state index contributed by atoms with van der Waals surface area (Å²) >= 11 is 0. The third kappa shape index (κ3) is 4.38. The third-order valence-electron chi connectivity index (χ3n) is 6.66. The van der Waals surface area contributed by atoms with Gasteiger partial charge < -0.3 is 10.4 Å². The highest BCUT2D eigenvalue weighted by Gasteiger charge is 2.40. The Morgan fingerprint density at radius 2 is 1.94 bits per heavy atom. The lowest BCUT2D eigenvalue weighted by molar-refractivity contribution is -0.111. The highest BCUT2D eigenvalue weighted by Crippen LogP contribution is 2.46. The number of allylic oxidation sites excluding steroid dienone is 1. The van der Waals surface area contributed by atoms with Crippen LogP contribution in [-0.4, -0.2) is 40.6 Å². The fourth-order valence-corrected chi connectivity index (χ4v) is 6.52. The van der Waals surface area contributed by atoms with Gasteiger partial charge in [0.2, 0.25) is 0 Å². The first-order chi connectivity index (χ1) is 15.3. The smallest absolute Gasteiger partial charge is 0.257 e. The molecule has 8 heteroatoms. The van der Waals surface area contributed by atoms with E-state index in [1.807, 2.05) is 12.1 Å². The summed E-state index contributed by atoms with van der Waals surface area (Å²) in [7, 11) is -1.52. The summed E-state index contributed by atoms with van der Waals surface area (Å²) in [5.74, 6) is 0.537. The molecule has 1 amide bonds. The van der Waals surface area contributed by atoms with Crippen molar-refractivity contribution in [2.45, 2.75) is 67.1 Å². The molecule has 0 unspecified atom stereocenters. The lowest BCUT2D eigenvalue weighted by atomic mass is 9.95. The van der Waals surface area contributed by atoms with E-state index in [0.29, 0.717) is 22.7 Å². The standard InChI is InChI=1S/C24H29N3O4S/c1-27-11-10-23(26-27)25-24(29)21(13-15-2-6-18(28)12-15)17-5-9-22(20(14-17)16-3-4-16)32(30,31)19-7-8-19/h5,9-11,13-16,18-19,28H,2-4,6-8,12H2,1H3,(H,25,26,29)/b21-13+/t15-,18+/m0/s1. The molecule has 0 bridgehead atoms. The SMILES string of the molecule is Cn1ccc(NC(=O)/C(=C/[C@H]2CC[C@@H](O)C2)c2ccc(S(=O)(=O)C3CC3)c(C3CC3)c2)n1. The minimum Gasteiger partial charge on any atom is -0.393 e. The zero-order valence-electron chi connectivity index (χ0n) is 18.2. The van der Waals surface area contributed by atoms with Crippen LogP contribution in [-0.2, 0) is 21.7 Å². The highest BCUT2D eigenvalue weighted by molar-refractivity contribution is 7.92.